The summed E-state index contributed by atoms with van der Waals surface area (Å²) in [4.78, 5) is 11.4. The highest BCUT2D eigenvalue weighted by atomic mass is 35.5. The van der Waals surface area contributed by atoms with E-state index in [4.69, 9.17) is 27.9 Å². The molecule has 0 bridgehead atoms. The second kappa shape index (κ2) is 6.58. The lowest BCUT2D eigenvalue weighted by molar-refractivity contribution is -0.137. The maximum absolute atomic E-state index is 12.5. The first-order chi connectivity index (χ1) is 10.3. The summed E-state index contributed by atoms with van der Waals surface area (Å²) in [5.41, 5.74) is -0.436. The van der Waals surface area contributed by atoms with Crippen LogP contribution < -0.4 is 4.74 Å². The average Bonchev–Trinajstić information content (AvgIpc) is 2.48. The van der Waals surface area contributed by atoms with Crippen molar-refractivity contribution in [2.75, 3.05) is 5.88 Å². The van der Waals surface area contributed by atoms with Gasteiger partial charge in [0.05, 0.1) is 16.5 Å². The smallest absolute Gasteiger partial charge is 0.416 e. The Morgan fingerprint density at radius 2 is 1.73 bits per heavy atom. The molecular formula is C15H9Cl2F3O2. The fourth-order valence-corrected chi connectivity index (χ4v) is 2.05. The summed E-state index contributed by atoms with van der Waals surface area (Å²) in [6, 6.07) is 8.86. The second-order valence-electron chi connectivity index (χ2n) is 4.33. The van der Waals surface area contributed by atoms with Crippen LogP contribution in [0, 0.1) is 0 Å². The standard InChI is InChI=1S/C15H9Cl2F3O2/c16-8-13(21)9-1-4-11(5-2-9)22-14-6-3-10(7-12(14)17)15(18,19)20/h1-7H,8H2. The van der Waals surface area contributed by atoms with Crippen LogP contribution in [0.1, 0.15) is 15.9 Å². The van der Waals surface area contributed by atoms with Gasteiger partial charge in [0.25, 0.3) is 0 Å². The van der Waals surface area contributed by atoms with E-state index in [0.29, 0.717) is 11.3 Å². The van der Waals surface area contributed by atoms with Crippen molar-refractivity contribution in [1.29, 1.82) is 0 Å². The molecule has 0 saturated heterocycles. The molecule has 7 heteroatoms. The van der Waals surface area contributed by atoms with Crippen molar-refractivity contribution >= 4 is 29.0 Å². The van der Waals surface area contributed by atoms with E-state index in [9.17, 15) is 18.0 Å². The summed E-state index contributed by atoms with van der Waals surface area (Å²) >= 11 is 11.2. The number of hydrogen-bond acceptors (Lipinski definition) is 2. The number of ether oxygens (including phenoxy) is 1. The topological polar surface area (TPSA) is 26.3 Å². The summed E-state index contributed by atoms with van der Waals surface area (Å²) in [6.07, 6.45) is -4.47. The van der Waals surface area contributed by atoms with Crippen molar-refractivity contribution in [3.8, 4) is 11.5 Å². The van der Waals surface area contributed by atoms with Gasteiger partial charge in [-0.25, -0.2) is 0 Å². The number of carbonyl (C=O) groups excluding carboxylic acids is 1. The van der Waals surface area contributed by atoms with Gasteiger partial charge in [0.2, 0.25) is 0 Å². The molecule has 116 valence electrons. The summed E-state index contributed by atoms with van der Waals surface area (Å²) in [7, 11) is 0. The molecule has 0 saturated carbocycles. The molecule has 0 N–H and O–H groups in total. The molecule has 0 amide bonds. The van der Waals surface area contributed by atoms with Crippen molar-refractivity contribution in [2.45, 2.75) is 6.18 Å². The summed E-state index contributed by atoms with van der Waals surface area (Å²) < 4.78 is 43.0. The summed E-state index contributed by atoms with van der Waals surface area (Å²) in [6.45, 7) is 0. The van der Waals surface area contributed by atoms with E-state index in [2.05, 4.69) is 0 Å². The number of Topliss-reactive ketones (excluding diaryl/α,β-unsaturated/α-hetero) is 1. The lowest BCUT2D eigenvalue weighted by atomic mass is 10.1. The van der Waals surface area contributed by atoms with Crippen LogP contribution in [0.5, 0.6) is 11.5 Å². The van der Waals surface area contributed by atoms with Crippen LogP contribution in [0.3, 0.4) is 0 Å². The predicted octanol–water partition coefficient (Wildman–Crippen LogP) is 5.57. The molecule has 0 spiro atoms. The van der Waals surface area contributed by atoms with Gasteiger partial charge in [-0.2, -0.15) is 13.2 Å². The summed E-state index contributed by atoms with van der Waals surface area (Å²) in [5.74, 6) is 0.0601. The van der Waals surface area contributed by atoms with Gasteiger partial charge in [0.1, 0.15) is 11.5 Å². The van der Waals surface area contributed by atoms with Gasteiger partial charge in [0, 0.05) is 5.56 Å². The van der Waals surface area contributed by atoms with Gasteiger partial charge in [-0.15, -0.1) is 11.6 Å². The Bertz CT molecular complexity index is 682. The molecule has 0 atom stereocenters. The minimum absolute atomic E-state index is 0.0890. The Morgan fingerprint density at radius 3 is 2.23 bits per heavy atom. The maximum Gasteiger partial charge on any atom is 0.416 e. The van der Waals surface area contributed by atoms with E-state index < -0.39 is 11.7 Å². The third-order valence-electron chi connectivity index (χ3n) is 2.78. The highest BCUT2D eigenvalue weighted by molar-refractivity contribution is 6.32. The van der Waals surface area contributed by atoms with E-state index in [1.807, 2.05) is 0 Å². The molecule has 0 radical (unpaired) electrons. The van der Waals surface area contributed by atoms with Crippen LogP contribution in [-0.4, -0.2) is 11.7 Å². The zero-order valence-corrected chi connectivity index (χ0v) is 12.5. The van der Waals surface area contributed by atoms with E-state index in [-0.39, 0.29) is 22.4 Å². The fraction of sp³-hybridized carbons (Fsp3) is 0.133. The Morgan fingerprint density at radius 1 is 1.09 bits per heavy atom. The molecule has 0 fully saturated rings. The first kappa shape index (κ1) is 16.6. The molecule has 0 heterocycles. The molecule has 22 heavy (non-hydrogen) atoms. The van der Waals surface area contributed by atoms with Gasteiger partial charge in [-0.3, -0.25) is 4.79 Å². The first-order valence-electron chi connectivity index (χ1n) is 6.05. The molecule has 0 aliphatic rings. The Labute approximate surface area is 134 Å². The van der Waals surface area contributed by atoms with Gasteiger partial charge in [-0.05, 0) is 42.5 Å². The minimum Gasteiger partial charge on any atom is -0.456 e. The summed E-state index contributed by atoms with van der Waals surface area (Å²) in [5, 5.41) is -0.157. The van der Waals surface area contributed by atoms with Crippen LogP contribution >= 0.6 is 23.2 Å². The number of rotatable bonds is 4. The van der Waals surface area contributed by atoms with Gasteiger partial charge in [-0.1, -0.05) is 11.6 Å². The number of alkyl halides is 4. The van der Waals surface area contributed by atoms with Gasteiger partial charge < -0.3 is 4.74 Å². The van der Waals surface area contributed by atoms with Crippen molar-refractivity contribution < 1.29 is 22.7 Å². The second-order valence-corrected chi connectivity index (χ2v) is 5.00. The molecule has 0 unspecified atom stereocenters. The Balaban J connectivity index is 2.19. The average molecular weight is 349 g/mol. The third kappa shape index (κ3) is 3.93. The highest BCUT2D eigenvalue weighted by Crippen LogP contribution is 2.36. The largest absolute Gasteiger partial charge is 0.456 e. The molecule has 0 aliphatic carbocycles. The monoisotopic (exact) mass is 348 g/mol. The molecule has 0 aliphatic heterocycles. The molecule has 2 nitrogen and oxygen atoms in total. The zero-order chi connectivity index (χ0) is 16.3. The number of hydrogen-bond donors (Lipinski definition) is 0. The van der Waals surface area contributed by atoms with E-state index >= 15 is 0 Å². The normalized spacial score (nSPS) is 11.3. The Kier molecular flexibility index (Phi) is 4.98. The van der Waals surface area contributed by atoms with Crippen LogP contribution in [0.15, 0.2) is 42.5 Å². The lowest BCUT2D eigenvalue weighted by Gasteiger charge is -2.11. The number of carbonyl (C=O) groups is 1. The molecule has 2 aromatic carbocycles. The van der Waals surface area contributed by atoms with Crippen LogP contribution in [0.25, 0.3) is 0 Å². The van der Waals surface area contributed by atoms with Crippen LogP contribution in [0.4, 0.5) is 13.2 Å². The molecule has 0 aromatic heterocycles. The number of ketones is 1. The number of benzene rings is 2. The Hall–Kier alpha value is -1.72. The predicted molar refractivity (Wildman–Crippen MR) is 78.0 cm³/mol. The van der Waals surface area contributed by atoms with E-state index in [0.717, 1.165) is 18.2 Å². The van der Waals surface area contributed by atoms with Crippen molar-refractivity contribution in [1.82, 2.24) is 0 Å². The van der Waals surface area contributed by atoms with Crippen molar-refractivity contribution in [3.63, 3.8) is 0 Å². The maximum atomic E-state index is 12.5. The fourth-order valence-electron chi connectivity index (χ4n) is 1.67. The van der Waals surface area contributed by atoms with E-state index in [1.165, 1.54) is 24.3 Å². The SMILES string of the molecule is O=C(CCl)c1ccc(Oc2ccc(C(F)(F)F)cc2Cl)cc1. The zero-order valence-electron chi connectivity index (χ0n) is 11.0. The first-order valence-corrected chi connectivity index (χ1v) is 6.96. The third-order valence-corrected chi connectivity index (χ3v) is 3.32. The van der Waals surface area contributed by atoms with Gasteiger partial charge in [0.15, 0.2) is 5.78 Å². The van der Waals surface area contributed by atoms with Crippen LogP contribution in [-0.2, 0) is 6.18 Å². The number of halogens is 5. The quantitative estimate of drug-likeness (QED) is 0.533. The molecular weight excluding hydrogens is 340 g/mol. The van der Waals surface area contributed by atoms with Crippen LogP contribution in [0.2, 0.25) is 5.02 Å². The van der Waals surface area contributed by atoms with Crippen molar-refractivity contribution in [2.24, 2.45) is 0 Å². The van der Waals surface area contributed by atoms with Gasteiger partial charge >= 0.3 is 6.18 Å². The molecule has 2 rings (SSSR count). The van der Waals surface area contributed by atoms with Crippen molar-refractivity contribution in [3.05, 3.63) is 58.6 Å². The highest BCUT2D eigenvalue weighted by Gasteiger charge is 2.31. The lowest BCUT2D eigenvalue weighted by Crippen LogP contribution is -2.04. The minimum atomic E-state index is -4.47. The van der Waals surface area contributed by atoms with E-state index in [1.54, 1.807) is 0 Å². The molecule has 2 aromatic rings.